The van der Waals surface area contributed by atoms with E-state index in [1.807, 2.05) is 0 Å². The Morgan fingerprint density at radius 2 is 2.16 bits per heavy atom. The van der Waals surface area contributed by atoms with Crippen molar-refractivity contribution in [1.82, 2.24) is 0 Å². The summed E-state index contributed by atoms with van der Waals surface area (Å²) in [5.41, 5.74) is -0.116. The number of nitrogens with one attached hydrogen (secondary N) is 1. The normalized spacial score (nSPS) is 16.3. The highest BCUT2D eigenvalue weighted by Gasteiger charge is 2.48. The fraction of sp³-hybridized carbons (Fsp3) is 0.417. The number of rotatable bonds is 5. The van der Waals surface area contributed by atoms with E-state index in [-0.39, 0.29) is 17.0 Å². The van der Waals surface area contributed by atoms with E-state index in [4.69, 9.17) is 0 Å². The molecule has 104 valence electrons. The van der Waals surface area contributed by atoms with E-state index < -0.39 is 18.2 Å². The SMILES string of the molecule is O=C(Nc1ccc(OC(F)F)c(F)c1)C1(CI)CC1. The minimum absolute atomic E-state index is 0.163. The van der Waals surface area contributed by atoms with Gasteiger partial charge in [-0.05, 0) is 25.0 Å². The van der Waals surface area contributed by atoms with Crippen LogP contribution in [0.2, 0.25) is 0 Å². The Morgan fingerprint density at radius 1 is 1.47 bits per heavy atom. The number of benzene rings is 1. The number of carbonyl (C=O) groups excluding carboxylic acids is 1. The Balaban J connectivity index is 2.06. The third-order valence-corrected chi connectivity index (χ3v) is 4.46. The zero-order valence-corrected chi connectivity index (χ0v) is 11.9. The first-order valence-electron chi connectivity index (χ1n) is 5.59. The van der Waals surface area contributed by atoms with Gasteiger partial charge in [-0.2, -0.15) is 8.78 Å². The fourth-order valence-electron chi connectivity index (χ4n) is 1.61. The van der Waals surface area contributed by atoms with Crippen molar-refractivity contribution in [3.05, 3.63) is 24.0 Å². The number of hydrogen-bond donors (Lipinski definition) is 1. The molecule has 1 saturated carbocycles. The van der Waals surface area contributed by atoms with Crippen molar-refractivity contribution in [2.24, 2.45) is 5.41 Å². The quantitative estimate of drug-likeness (QED) is 0.622. The second-order valence-electron chi connectivity index (χ2n) is 4.39. The molecule has 1 aliphatic carbocycles. The van der Waals surface area contributed by atoms with Crippen LogP contribution in [0.3, 0.4) is 0 Å². The number of carbonyl (C=O) groups is 1. The van der Waals surface area contributed by atoms with Gasteiger partial charge in [0.15, 0.2) is 11.6 Å². The van der Waals surface area contributed by atoms with Crippen LogP contribution in [0.5, 0.6) is 5.75 Å². The van der Waals surface area contributed by atoms with E-state index in [0.29, 0.717) is 4.43 Å². The number of halogens is 4. The van der Waals surface area contributed by atoms with Crippen LogP contribution in [-0.2, 0) is 4.79 Å². The molecule has 0 aliphatic heterocycles. The lowest BCUT2D eigenvalue weighted by Crippen LogP contribution is -2.25. The third-order valence-electron chi connectivity index (χ3n) is 3.00. The highest BCUT2D eigenvalue weighted by molar-refractivity contribution is 14.1. The van der Waals surface area contributed by atoms with E-state index in [9.17, 15) is 18.0 Å². The van der Waals surface area contributed by atoms with E-state index in [0.717, 1.165) is 25.0 Å². The minimum atomic E-state index is -3.08. The molecule has 0 aromatic heterocycles. The van der Waals surface area contributed by atoms with Gasteiger partial charge in [-0.25, -0.2) is 4.39 Å². The molecule has 0 bridgehead atoms. The Hall–Kier alpha value is -0.990. The molecule has 1 aromatic rings. The summed E-state index contributed by atoms with van der Waals surface area (Å²) in [7, 11) is 0. The van der Waals surface area contributed by atoms with Crippen molar-refractivity contribution in [1.29, 1.82) is 0 Å². The molecule has 1 amide bonds. The zero-order chi connectivity index (χ0) is 14.0. The topological polar surface area (TPSA) is 38.3 Å². The van der Waals surface area contributed by atoms with E-state index in [1.165, 1.54) is 6.07 Å². The van der Waals surface area contributed by atoms with Gasteiger partial charge in [0.25, 0.3) is 0 Å². The van der Waals surface area contributed by atoms with Crippen molar-refractivity contribution in [2.45, 2.75) is 19.5 Å². The van der Waals surface area contributed by atoms with Gasteiger partial charge in [-0.15, -0.1) is 0 Å². The fourth-order valence-corrected chi connectivity index (χ4v) is 2.72. The molecule has 1 aromatic carbocycles. The average molecular weight is 385 g/mol. The van der Waals surface area contributed by atoms with Crippen LogP contribution in [0.15, 0.2) is 18.2 Å². The van der Waals surface area contributed by atoms with Crippen molar-refractivity contribution < 1.29 is 22.7 Å². The Labute approximate surface area is 121 Å². The van der Waals surface area contributed by atoms with E-state index >= 15 is 0 Å². The van der Waals surface area contributed by atoms with Crippen LogP contribution < -0.4 is 10.1 Å². The van der Waals surface area contributed by atoms with Crippen LogP contribution >= 0.6 is 22.6 Å². The van der Waals surface area contributed by atoms with Crippen molar-refractivity contribution in [2.75, 3.05) is 9.74 Å². The monoisotopic (exact) mass is 385 g/mol. The second-order valence-corrected chi connectivity index (χ2v) is 5.15. The third kappa shape index (κ3) is 3.31. The van der Waals surface area contributed by atoms with E-state index in [2.05, 4.69) is 32.6 Å². The Kier molecular flexibility index (Phi) is 4.22. The van der Waals surface area contributed by atoms with Gasteiger partial charge in [0, 0.05) is 16.2 Å². The summed E-state index contributed by atoms with van der Waals surface area (Å²) in [6.45, 7) is -3.08. The maximum atomic E-state index is 13.4. The van der Waals surface area contributed by atoms with Crippen molar-refractivity contribution in [3.63, 3.8) is 0 Å². The molecule has 3 nitrogen and oxygen atoms in total. The number of amides is 1. The maximum absolute atomic E-state index is 13.4. The molecular formula is C12H11F3INO2. The summed E-state index contributed by atoms with van der Waals surface area (Å²) in [6, 6.07) is 3.38. The first-order valence-corrected chi connectivity index (χ1v) is 7.11. The number of alkyl halides is 3. The lowest BCUT2D eigenvalue weighted by atomic mass is 10.1. The van der Waals surface area contributed by atoms with Crippen LogP contribution in [0.1, 0.15) is 12.8 Å². The summed E-state index contributed by atoms with van der Waals surface area (Å²) in [6.07, 6.45) is 1.63. The molecule has 19 heavy (non-hydrogen) atoms. The van der Waals surface area contributed by atoms with Gasteiger partial charge >= 0.3 is 6.61 Å². The summed E-state index contributed by atoms with van der Waals surface area (Å²) < 4.78 is 42.1. The highest BCUT2D eigenvalue weighted by Crippen LogP contribution is 2.48. The van der Waals surface area contributed by atoms with Gasteiger partial charge < -0.3 is 10.1 Å². The number of hydrogen-bond acceptors (Lipinski definition) is 2. The van der Waals surface area contributed by atoms with E-state index in [1.54, 1.807) is 0 Å². The van der Waals surface area contributed by atoms with Gasteiger partial charge in [-0.3, -0.25) is 4.79 Å². The van der Waals surface area contributed by atoms with Crippen LogP contribution in [0.4, 0.5) is 18.9 Å². The summed E-state index contributed by atoms with van der Waals surface area (Å²) in [4.78, 5) is 11.9. The minimum Gasteiger partial charge on any atom is -0.432 e. The number of anilines is 1. The van der Waals surface area contributed by atoms with Gasteiger partial charge in [0.2, 0.25) is 5.91 Å². The molecule has 0 heterocycles. The van der Waals surface area contributed by atoms with Crippen LogP contribution in [-0.4, -0.2) is 16.9 Å². The molecule has 7 heteroatoms. The summed E-state index contributed by atoms with van der Waals surface area (Å²) >= 11 is 2.14. The zero-order valence-electron chi connectivity index (χ0n) is 9.76. The number of ether oxygens (including phenoxy) is 1. The maximum Gasteiger partial charge on any atom is 0.387 e. The molecule has 1 aliphatic rings. The van der Waals surface area contributed by atoms with Crippen molar-refractivity contribution >= 4 is 34.2 Å². The summed E-state index contributed by atoms with van der Waals surface area (Å²) in [5.74, 6) is -1.63. The van der Waals surface area contributed by atoms with Crippen LogP contribution in [0.25, 0.3) is 0 Å². The Bertz CT molecular complexity index is 492. The smallest absolute Gasteiger partial charge is 0.387 e. The molecule has 1 N–H and O–H groups in total. The molecule has 0 spiro atoms. The lowest BCUT2D eigenvalue weighted by molar-refractivity contribution is -0.120. The molecule has 0 saturated heterocycles. The molecular weight excluding hydrogens is 374 g/mol. The summed E-state index contributed by atoms with van der Waals surface area (Å²) in [5, 5.41) is 2.59. The molecule has 2 rings (SSSR count). The predicted molar refractivity (Wildman–Crippen MR) is 72.2 cm³/mol. The van der Waals surface area contributed by atoms with Crippen molar-refractivity contribution in [3.8, 4) is 5.75 Å². The predicted octanol–water partition coefficient (Wildman–Crippen LogP) is 3.58. The molecule has 1 fully saturated rings. The molecule has 0 unspecified atom stereocenters. The second kappa shape index (κ2) is 5.56. The molecule has 0 atom stereocenters. The lowest BCUT2D eigenvalue weighted by Gasteiger charge is -2.13. The largest absolute Gasteiger partial charge is 0.432 e. The van der Waals surface area contributed by atoms with Gasteiger partial charge in [-0.1, -0.05) is 22.6 Å². The first kappa shape index (κ1) is 14.4. The Morgan fingerprint density at radius 3 is 2.63 bits per heavy atom. The standard InChI is InChI=1S/C12H11F3INO2/c13-8-5-7(1-2-9(8)19-11(14)15)17-10(18)12(6-16)3-4-12/h1-2,5,11H,3-4,6H2,(H,17,18). The highest BCUT2D eigenvalue weighted by atomic mass is 127. The molecule has 0 radical (unpaired) electrons. The first-order chi connectivity index (χ1) is 8.97. The van der Waals surface area contributed by atoms with Gasteiger partial charge in [0.05, 0.1) is 5.41 Å². The van der Waals surface area contributed by atoms with Crippen LogP contribution in [0, 0.1) is 11.2 Å². The van der Waals surface area contributed by atoms with Gasteiger partial charge in [0.1, 0.15) is 0 Å². The average Bonchev–Trinajstić information content (AvgIpc) is 3.13.